The summed E-state index contributed by atoms with van der Waals surface area (Å²) in [5.74, 6) is 0.278. The maximum Gasteiger partial charge on any atom is 0.319 e. The zero-order chi connectivity index (χ0) is 15.5. The second-order valence-corrected chi connectivity index (χ2v) is 7.20. The summed E-state index contributed by atoms with van der Waals surface area (Å²) in [5, 5.41) is 0. The molecule has 0 aliphatic carbocycles. The van der Waals surface area contributed by atoms with Gasteiger partial charge in [0.05, 0.1) is 12.9 Å². The van der Waals surface area contributed by atoms with Crippen molar-refractivity contribution in [2.24, 2.45) is 0 Å². The Bertz CT molecular complexity index is 768. The molecule has 22 heavy (non-hydrogen) atoms. The molecule has 9 nitrogen and oxygen atoms in total. The number of nitrogens with zero attached hydrogens (tertiary/aromatic N) is 4. The van der Waals surface area contributed by atoms with E-state index in [1.54, 1.807) is 17.8 Å². The molecule has 0 amide bonds. The zero-order valence-electron chi connectivity index (χ0n) is 11.5. The van der Waals surface area contributed by atoms with Crippen molar-refractivity contribution in [3.8, 4) is 0 Å². The van der Waals surface area contributed by atoms with Gasteiger partial charge in [0, 0.05) is 0 Å². The van der Waals surface area contributed by atoms with Crippen molar-refractivity contribution in [3.05, 3.63) is 12.7 Å². The van der Waals surface area contributed by atoms with E-state index < -0.39 is 31.6 Å². The van der Waals surface area contributed by atoms with Gasteiger partial charge in [0.2, 0.25) is 0 Å². The van der Waals surface area contributed by atoms with E-state index in [9.17, 15) is 4.57 Å². The van der Waals surface area contributed by atoms with Gasteiger partial charge in [-0.15, -0.1) is 11.6 Å². The van der Waals surface area contributed by atoms with Gasteiger partial charge in [-0.05, 0) is 6.92 Å². The summed E-state index contributed by atoms with van der Waals surface area (Å²) >= 11 is 6.65. The average Bonchev–Trinajstić information content (AvgIpc) is 3.00. The Morgan fingerprint density at radius 1 is 1.50 bits per heavy atom. The molecule has 5 atom stereocenters. The number of hydrogen-bond acceptors (Lipinski definition) is 8. The van der Waals surface area contributed by atoms with Crippen LogP contribution in [0.4, 0.5) is 5.82 Å². The normalized spacial score (nSPS) is 38.3. The molecule has 4 rings (SSSR count). The quantitative estimate of drug-likeness (QED) is 0.603. The van der Waals surface area contributed by atoms with Crippen LogP contribution >= 0.6 is 19.9 Å². The Hall–Kier alpha value is -1.25. The van der Waals surface area contributed by atoms with Gasteiger partial charge in [-0.1, -0.05) is 0 Å². The summed E-state index contributed by atoms with van der Waals surface area (Å²) in [4.78, 5) is 11.3. The van der Waals surface area contributed by atoms with Crippen LogP contribution < -0.4 is 5.73 Å². The highest BCUT2D eigenvalue weighted by molar-refractivity contribution is 7.33. The van der Waals surface area contributed by atoms with Crippen LogP contribution in [0.2, 0.25) is 0 Å². The first-order chi connectivity index (χ1) is 10.5. The summed E-state index contributed by atoms with van der Waals surface area (Å²) in [6, 6.07) is 0. The standard InChI is InChI=1S/C11H13ClN5O4P/c1-11(12)7-5(2-19-22(18)21-7)20-10(11)17-4-16-6-8(13)14-3-15-9(6)17/h3-5,7,10,22H,2H2,1H3,(H2,13,14,15)/t5-,7-,10-,11-/m1/s1. The first-order valence-corrected chi connectivity index (χ1v) is 8.19. The maximum absolute atomic E-state index is 11.5. The maximum atomic E-state index is 11.5. The number of nitrogens with two attached hydrogens (primary N) is 1. The third-order valence-electron chi connectivity index (χ3n) is 3.91. The molecule has 1 unspecified atom stereocenters. The average molecular weight is 346 g/mol. The molecule has 2 aliphatic rings. The van der Waals surface area contributed by atoms with Crippen LogP contribution in [0.3, 0.4) is 0 Å². The van der Waals surface area contributed by atoms with E-state index in [1.165, 1.54) is 6.33 Å². The molecule has 0 aromatic carbocycles. The fraction of sp³-hybridized carbons (Fsp3) is 0.545. The van der Waals surface area contributed by atoms with Crippen LogP contribution in [0, 0.1) is 0 Å². The van der Waals surface area contributed by atoms with Gasteiger partial charge in [-0.25, -0.2) is 15.0 Å². The summed E-state index contributed by atoms with van der Waals surface area (Å²) < 4.78 is 29.5. The van der Waals surface area contributed by atoms with Crippen LogP contribution in [0.25, 0.3) is 11.2 Å². The Labute approximate surface area is 130 Å². The molecular weight excluding hydrogens is 333 g/mol. The minimum Gasteiger partial charge on any atom is -0.382 e. The van der Waals surface area contributed by atoms with Gasteiger partial charge < -0.3 is 19.5 Å². The molecule has 2 aromatic rings. The Morgan fingerprint density at radius 3 is 3.14 bits per heavy atom. The summed E-state index contributed by atoms with van der Waals surface area (Å²) in [5.41, 5.74) is 6.77. The van der Waals surface area contributed by atoms with Crippen molar-refractivity contribution in [3.63, 3.8) is 0 Å². The number of rotatable bonds is 1. The number of imidazole rings is 1. The molecule has 0 radical (unpaired) electrons. The highest BCUT2D eigenvalue weighted by Crippen LogP contribution is 2.51. The number of ether oxygens (including phenoxy) is 1. The molecule has 0 bridgehead atoms. The van der Waals surface area contributed by atoms with Gasteiger partial charge in [-0.3, -0.25) is 9.13 Å². The van der Waals surface area contributed by atoms with E-state index in [1.807, 2.05) is 0 Å². The van der Waals surface area contributed by atoms with Crippen molar-refractivity contribution >= 4 is 36.8 Å². The predicted octanol–water partition coefficient (Wildman–Crippen LogP) is 1.11. The fourth-order valence-electron chi connectivity index (χ4n) is 2.86. The van der Waals surface area contributed by atoms with E-state index in [2.05, 4.69) is 15.0 Å². The van der Waals surface area contributed by atoms with Crippen LogP contribution in [-0.2, 0) is 18.3 Å². The third-order valence-corrected chi connectivity index (χ3v) is 5.16. The lowest BCUT2D eigenvalue weighted by atomic mass is 10.0. The third kappa shape index (κ3) is 1.97. The van der Waals surface area contributed by atoms with Crippen LogP contribution in [0.5, 0.6) is 0 Å². The Kier molecular flexibility index (Phi) is 3.18. The monoisotopic (exact) mass is 345 g/mol. The van der Waals surface area contributed by atoms with Gasteiger partial charge >= 0.3 is 8.25 Å². The largest absolute Gasteiger partial charge is 0.382 e. The van der Waals surface area contributed by atoms with Crippen LogP contribution in [0.15, 0.2) is 12.7 Å². The highest BCUT2D eigenvalue weighted by Gasteiger charge is 2.57. The number of halogens is 1. The lowest BCUT2D eigenvalue weighted by molar-refractivity contribution is -0.0526. The molecule has 2 aliphatic heterocycles. The van der Waals surface area contributed by atoms with E-state index in [0.29, 0.717) is 11.2 Å². The van der Waals surface area contributed by atoms with E-state index in [0.717, 1.165) is 0 Å². The smallest absolute Gasteiger partial charge is 0.319 e. The topological polar surface area (TPSA) is 114 Å². The molecule has 118 valence electrons. The van der Waals surface area contributed by atoms with Crippen molar-refractivity contribution in [2.45, 2.75) is 30.2 Å². The molecule has 2 N–H and O–H groups in total. The summed E-state index contributed by atoms with van der Waals surface area (Å²) in [7, 11) is -2.54. The number of nitrogen functional groups attached to an aromatic ring is 1. The SMILES string of the molecule is C[C@@]1(Cl)[C@@H]2O[PH](=O)OC[C@H]2O[C@H]1n1cnc2c(N)ncnc21. The van der Waals surface area contributed by atoms with Crippen molar-refractivity contribution in [1.29, 1.82) is 0 Å². The number of alkyl halides is 1. The van der Waals surface area contributed by atoms with Crippen LogP contribution in [-0.4, -0.2) is 43.2 Å². The molecule has 11 heteroatoms. The molecule has 0 saturated carbocycles. The van der Waals surface area contributed by atoms with E-state index >= 15 is 0 Å². The number of fused-ring (bicyclic) bond motifs is 2. The second kappa shape index (κ2) is 4.87. The molecule has 2 aromatic heterocycles. The number of aromatic nitrogens is 4. The first kappa shape index (κ1) is 14.3. The number of hydrogen-bond donors (Lipinski definition) is 1. The fourth-order valence-corrected chi connectivity index (χ4v) is 4.25. The molecule has 2 saturated heterocycles. The Morgan fingerprint density at radius 2 is 2.32 bits per heavy atom. The number of anilines is 1. The molecule has 0 spiro atoms. The van der Waals surface area contributed by atoms with Gasteiger partial charge in [-0.2, -0.15) is 0 Å². The summed E-state index contributed by atoms with van der Waals surface area (Å²) in [6.07, 6.45) is 1.33. The zero-order valence-corrected chi connectivity index (χ0v) is 13.2. The van der Waals surface area contributed by atoms with Gasteiger partial charge in [0.1, 0.15) is 28.9 Å². The molecule has 2 fully saturated rings. The van der Waals surface area contributed by atoms with Crippen molar-refractivity contribution < 1.29 is 18.3 Å². The summed E-state index contributed by atoms with van der Waals surface area (Å²) in [6.45, 7) is 1.94. The Balaban J connectivity index is 1.78. The highest BCUT2D eigenvalue weighted by atomic mass is 35.5. The predicted molar refractivity (Wildman–Crippen MR) is 77.7 cm³/mol. The molecule has 4 heterocycles. The first-order valence-electron chi connectivity index (χ1n) is 6.59. The minimum absolute atomic E-state index is 0.172. The van der Waals surface area contributed by atoms with E-state index in [4.69, 9.17) is 31.1 Å². The molecular formula is C11H13ClN5O4P. The minimum atomic E-state index is -2.54. The lowest BCUT2D eigenvalue weighted by Gasteiger charge is -2.30. The van der Waals surface area contributed by atoms with Crippen LogP contribution in [0.1, 0.15) is 13.2 Å². The van der Waals surface area contributed by atoms with E-state index in [-0.39, 0.29) is 12.4 Å². The van der Waals surface area contributed by atoms with Gasteiger partial charge in [0.15, 0.2) is 17.7 Å². The van der Waals surface area contributed by atoms with Gasteiger partial charge in [0.25, 0.3) is 0 Å². The second-order valence-electron chi connectivity index (χ2n) is 5.36. The van der Waals surface area contributed by atoms with Crippen molar-refractivity contribution in [1.82, 2.24) is 19.5 Å². The van der Waals surface area contributed by atoms with Crippen molar-refractivity contribution in [2.75, 3.05) is 12.3 Å². The lowest BCUT2D eigenvalue weighted by Crippen LogP contribution is -2.42.